The highest BCUT2D eigenvalue weighted by atomic mass is 32.2. The van der Waals surface area contributed by atoms with E-state index in [1.165, 1.54) is 29.8 Å². The molecule has 1 aliphatic rings. The Kier molecular flexibility index (Phi) is 4.92. The van der Waals surface area contributed by atoms with Crippen LogP contribution in [0.15, 0.2) is 59.5 Å². The Balaban J connectivity index is 1.79. The van der Waals surface area contributed by atoms with E-state index in [-0.39, 0.29) is 15.9 Å². The normalized spacial score (nSPS) is 16.6. The molecule has 1 aliphatic carbocycles. The number of rotatable bonds is 6. The molecule has 0 aromatic heterocycles. The smallest absolute Gasteiger partial charge is 0.248 e. The molecule has 0 aliphatic heterocycles. The van der Waals surface area contributed by atoms with Gasteiger partial charge in [0.25, 0.3) is 0 Å². The quantitative estimate of drug-likeness (QED) is 0.832. The molecule has 3 N–H and O–H groups in total. The van der Waals surface area contributed by atoms with Gasteiger partial charge in [-0.3, -0.25) is 4.79 Å². The lowest BCUT2D eigenvalue weighted by Crippen LogP contribution is -2.39. The van der Waals surface area contributed by atoms with Crippen molar-refractivity contribution in [2.24, 2.45) is 5.73 Å². The minimum atomic E-state index is -3.64. The number of hydrogen-bond donors (Lipinski definition) is 2. The van der Waals surface area contributed by atoms with Gasteiger partial charge in [0.15, 0.2) is 0 Å². The Morgan fingerprint density at radius 2 is 1.60 bits per heavy atom. The molecule has 3 rings (SSSR count). The number of amides is 1. The van der Waals surface area contributed by atoms with E-state index in [1.54, 1.807) is 0 Å². The first-order chi connectivity index (χ1) is 11.9. The van der Waals surface area contributed by atoms with Crippen molar-refractivity contribution in [2.75, 3.05) is 6.54 Å². The zero-order valence-electron chi connectivity index (χ0n) is 13.9. The molecular weight excluding hydrogens is 336 g/mol. The topological polar surface area (TPSA) is 89.3 Å². The van der Waals surface area contributed by atoms with Gasteiger partial charge in [-0.25, -0.2) is 13.1 Å². The molecule has 6 heteroatoms. The highest BCUT2D eigenvalue weighted by molar-refractivity contribution is 7.89. The molecule has 0 radical (unpaired) electrons. The molecule has 0 spiro atoms. The van der Waals surface area contributed by atoms with Crippen molar-refractivity contribution in [3.63, 3.8) is 0 Å². The number of nitrogens with one attached hydrogen (secondary N) is 1. The molecule has 0 unspecified atom stereocenters. The van der Waals surface area contributed by atoms with E-state index in [1.807, 2.05) is 18.2 Å². The summed E-state index contributed by atoms with van der Waals surface area (Å²) < 4.78 is 28.0. The second-order valence-corrected chi connectivity index (χ2v) is 8.33. The largest absolute Gasteiger partial charge is 0.366 e. The summed E-state index contributed by atoms with van der Waals surface area (Å²) >= 11 is 0. The van der Waals surface area contributed by atoms with Gasteiger partial charge in [-0.1, -0.05) is 43.2 Å². The van der Waals surface area contributed by atoms with Crippen LogP contribution in [0.2, 0.25) is 0 Å². The third kappa shape index (κ3) is 3.75. The van der Waals surface area contributed by atoms with Crippen LogP contribution in [0.4, 0.5) is 0 Å². The molecule has 2 aromatic carbocycles. The van der Waals surface area contributed by atoms with Gasteiger partial charge in [-0.15, -0.1) is 0 Å². The van der Waals surface area contributed by atoms with Crippen LogP contribution in [-0.2, 0) is 15.4 Å². The Labute approximate surface area is 148 Å². The standard InChI is InChI=1S/C19H22N2O3S/c20-18(22)15-8-10-17(11-9-15)25(23,24)21-14-19(12-4-5-13-19)16-6-2-1-3-7-16/h1-3,6-11,21H,4-5,12-14H2,(H2,20,22). The highest BCUT2D eigenvalue weighted by Gasteiger charge is 2.36. The maximum absolute atomic E-state index is 12.6. The fourth-order valence-corrected chi connectivity index (χ4v) is 4.65. The van der Waals surface area contributed by atoms with Crippen LogP contribution in [0.25, 0.3) is 0 Å². The van der Waals surface area contributed by atoms with Gasteiger partial charge in [0.1, 0.15) is 0 Å². The van der Waals surface area contributed by atoms with E-state index in [9.17, 15) is 13.2 Å². The molecule has 2 aromatic rings. The predicted octanol–water partition coefficient (Wildman–Crippen LogP) is 2.58. The van der Waals surface area contributed by atoms with Crippen LogP contribution in [0, 0.1) is 0 Å². The van der Waals surface area contributed by atoms with Crippen LogP contribution < -0.4 is 10.5 Å². The van der Waals surface area contributed by atoms with Crippen LogP contribution >= 0.6 is 0 Å². The number of nitrogens with two attached hydrogens (primary N) is 1. The molecule has 25 heavy (non-hydrogen) atoms. The summed E-state index contributed by atoms with van der Waals surface area (Å²) in [5.74, 6) is -0.578. The number of benzene rings is 2. The molecule has 0 saturated heterocycles. The molecule has 0 atom stereocenters. The highest BCUT2D eigenvalue weighted by Crippen LogP contribution is 2.40. The predicted molar refractivity (Wildman–Crippen MR) is 96.7 cm³/mol. The Bertz CT molecular complexity index is 840. The minimum absolute atomic E-state index is 0.138. The van der Waals surface area contributed by atoms with Crippen molar-refractivity contribution in [1.82, 2.24) is 4.72 Å². The summed E-state index contributed by atoms with van der Waals surface area (Å²) in [5, 5.41) is 0. The third-order valence-electron chi connectivity index (χ3n) is 5.00. The van der Waals surface area contributed by atoms with Gasteiger partial charge in [0.05, 0.1) is 4.90 Å². The zero-order valence-corrected chi connectivity index (χ0v) is 14.8. The van der Waals surface area contributed by atoms with E-state index in [0.717, 1.165) is 25.7 Å². The van der Waals surface area contributed by atoms with Crippen molar-refractivity contribution in [3.05, 3.63) is 65.7 Å². The van der Waals surface area contributed by atoms with E-state index in [4.69, 9.17) is 5.73 Å². The molecule has 5 nitrogen and oxygen atoms in total. The Morgan fingerprint density at radius 3 is 2.16 bits per heavy atom. The maximum atomic E-state index is 12.6. The number of carbonyl (C=O) groups is 1. The fraction of sp³-hybridized carbons (Fsp3) is 0.316. The van der Waals surface area contributed by atoms with E-state index < -0.39 is 15.9 Å². The van der Waals surface area contributed by atoms with Crippen molar-refractivity contribution in [3.8, 4) is 0 Å². The monoisotopic (exact) mass is 358 g/mol. The summed E-state index contributed by atoms with van der Waals surface area (Å²) in [4.78, 5) is 11.3. The number of primary amides is 1. The minimum Gasteiger partial charge on any atom is -0.366 e. The lowest BCUT2D eigenvalue weighted by atomic mass is 9.79. The lowest BCUT2D eigenvalue weighted by molar-refractivity contribution is 0.1000. The Hall–Kier alpha value is -2.18. The molecule has 132 valence electrons. The van der Waals surface area contributed by atoms with Crippen LogP contribution in [0.3, 0.4) is 0 Å². The first-order valence-corrected chi connectivity index (χ1v) is 9.86. The van der Waals surface area contributed by atoms with E-state index >= 15 is 0 Å². The molecule has 1 saturated carbocycles. The van der Waals surface area contributed by atoms with E-state index in [0.29, 0.717) is 6.54 Å². The van der Waals surface area contributed by atoms with Gasteiger partial charge >= 0.3 is 0 Å². The van der Waals surface area contributed by atoms with Crippen molar-refractivity contribution in [2.45, 2.75) is 36.0 Å². The fourth-order valence-electron chi connectivity index (χ4n) is 3.53. The SMILES string of the molecule is NC(=O)c1ccc(S(=O)(=O)NCC2(c3ccccc3)CCCC2)cc1. The first kappa shape index (κ1) is 17.6. The van der Waals surface area contributed by atoms with Gasteiger partial charge < -0.3 is 5.73 Å². The molecule has 0 bridgehead atoms. The van der Waals surface area contributed by atoms with Crippen LogP contribution in [0.5, 0.6) is 0 Å². The van der Waals surface area contributed by atoms with Gasteiger partial charge in [0, 0.05) is 17.5 Å². The summed E-state index contributed by atoms with van der Waals surface area (Å²) in [6, 6.07) is 15.8. The van der Waals surface area contributed by atoms with Crippen molar-refractivity contribution < 1.29 is 13.2 Å². The molecule has 1 fully saturated rings. The maximum Gasteiger partial charge on any atom is 0.248 e. The average molecular weight is 358 g/mol. The number of sulfonamides is 1. The first-order valence-electron chi connectivity index (χ1n) is 8.38. The van der Waals surface area contributed by atoms with Crippen molar-refractivity contribution >= 4 is 15.9 Å². The lowest BCUT2D eigenvalue weighted by Gasteiger charge is -2.30. The number of hydrogen-bond acceptors (Lipinski definition) is 3. The summed E-state index contributed by atoms with van der Waals surface area (Å²) in [5.41, 5.74) is 6.51. The summed E-state index contributed by atoms with van der Waals surface area (Å²) in [7, 11) is -3.64. The Morgan fingerprint density at radius 1 is 1.00 bits per heavy atom. The second kappa shape index (κ2) is 6.98. The van der Waals surface area contributed by atoms with Gasteiger partial charge in [-0.2, -0.15) is 0 Å². The molecule has 1 amide bonds. The third-order valence-corrected chi connectivity index (χ3v) is 6.41. The molecular formula is C19H22N2O3S. The zero-order chi connectivity index (χ0) is 17.9. The molecule has 0 heterocycles. The number of carbonyl (C=O) groups excluding carboxylic acids is 1. The van der Waals surface area contributed by atoms with Crippen LogP contribution in [-0.4, -0.2) is 20.9 Å². The average Bonchev–Trinajstić information content (AvgIpc) is 3.11. The van der Waals surface area contributed by atoms with Crippen molar-refractivity contribution in [1.29, 1.82) is 0 Å². The summed E-state index contributed by atoms with van der Waals surface area (Å²) in [6.45, 7) is 0.372. The van der Waals surface area contributed by atoms with Gasteiger partial charge in [0.2, 0.25) is 15.9 Å². The second-order valence-electron chi connectivity index (χ2n) is 6.57. The van der Waals surface area contributed by atoms with E-state index in [2.05, 4.69) is 16.9 Å². The van der Waals surface area contributed by atoms with Crippen LogP contribution in [0.1, 0.15) is 41.6 Å². The summed E-state index contributed by atoms with van der Waals surface area (Å²) in [6.07, 6.45) is 4.15. The van der Waals surface area contributed by atoms with Gasteiger partial charge in [-0.05, 0) is 42.7 Å².